The van der Waals surface area contributed by atoms with E-state index < -0.39 is 0 Å². The zero-order chi connectivity index (χ0) is 24.4. The molecule has 0 saturated heterocycles. The molecule has 35 heavy (non-hydrogen) atoms. The minimum atomic E-state index is -0.307. The maximum absolute atomic E-state index is 12.9. The summed E-state index contributed by atoms with van der Waals surface area (Å²) in [5, 5.41) is 5.46. The molecule has 2 amide bonds. The molecule has 180 valence electrons. The summed E-state index contributed by atoms with van der Waals surface area (Å²) in [4.78, 5) is 33.9. The van der Waals surface area contributed by atoms with Crippen LogP contribution in [0.4, 0.5) is 9.80 Å². The monoisotopic (exact) mass is 543 g/mol. The van der Waals surface area contributed by atoms with E-state index in [9.17, 15) is 9.59 Å². The first-order valence-electron chi connectivity index (χ1n) is 11.1. The molecule has 6 nitrogen and oxygen atoms in total. The Morgan fingerprint density at radius 2 is 1.97 bits per heavy atom. The van der Waals surface area contributed by atoms with Crippen molar-refractivity contribution in [1.82, 2.24) is 9.88 Å². The number of nitrogens with one attached hydrogen (secondary N) is 1. The number of fused-ring (bicyclic) bond motifs is 2. The Bertz CT molecular complexity index is 1350. The molecule has 4 aromatic rings. The van der Waals surface area contributed by atoms with E-state index in [0.29, 0.717) is 31.1 Å². The molecule has 5 rings (SSSR count). The number of carbonyl (C=O) groups excluding carboxylic acids is 2. The summed E-state index contributed by atoms with van der Waals surface area (Å²) < 4.78 is 6.30. The molecule has 0 radical (unpaired) electrons. The summed E-state index contributed by atoms with van der Waals surface area (Å²) in [6, 6.07) is 15.5. The number of hydrogen-bond acceptors (Lipinski definition) is 7. The highest BCUT2D eigenvalue weighted by Crippen LogP contribution is 2.45. The Hall–Kier alpha value is -2.59. The van der Waals surface area contributed by atoms with Gasteiger partial charge in [-0.2, -0.15) is 0 Å². The molecule has 2 aromatic heterocycles. The van der Waals surface area contributed by atoms with Crippen molar-refractivity contribution in [3.05, 3.63) is 64.0 Å². The molecule has 0 fully saturated rings. The second kappa shape index (κ2) is 10.6. The van der Waals surface area contributed by atoms with Crippen LogP contribution in [0, 0.1) is 0 Å². The number of ether oxygens (including phenoxy) is 1. The summed E-state index contributed by atoms with van der Waals surface area (Å²) >= 11 is 10.6. The number of benzene rings is 2. The van der Waals surface area contributed by atoms with Crippen molar-refractivity contribution in [2.24, 2.45) is 0 Å². The SMILES string of the molecule is CCOC(=O)N1CCc2c(sc(NC(=O)CSc3ccc(Cl)cc3)c2-c2nc3ccccc3s2)C1. The number of hydrogen-bond donors (Lipinski definition) is 1. The maximum Gasteiger partial charge on any atom is 0.410 e. The zero-order valence-corrected chi connectivity index (χ0v) is 22.1. The number of anilines is 1. The van der Waals surface area contributed by atoms with E-state index in [0.717, 1.165) is 41.1 Å². The molecule has 0 bridgehead atoms. The zero-order valence-electron chi connectivity index (χ0n) is 18.9. The van der Waals surface area contributed by atoms with Gasteiger partial charge in [0.2, 0.25) is 5.91 Å². The minimum absolute atomic E-state index is 0.0897. The number of aromatic nitrogens is 1. The van der Waals surface area contributed by atoms with Gasteiger partial charge in [0.25, 0.3) is 0 Å². The molecule has 0 saturated carbocycles. The topological polar surface area (TPSA) is 71.5 Å². The number of halogens is 1. The number of carbonyl (C=O) groups is 2. The summed E-state index contributed by atoms with van der Waals surface area (Å²) in [5.41, 5.74) is 3.06. The van der Waals surface area contributed by atoms with Gasteiger partial charge >= 0.3 is 6.09 Å². The summed E-state index contributed by atoms with van der Waals surface area (Å²) in [6.07, 6.45) is 0.378. The first kappa shape index (κ1) is 24.1. The molecule has 1 N–H and O–H groups in total. The van der Waals surface area contributed by atoms with Crippen molar-refractivity contribution in [3.63, 3.8) is 0 Å². The molecule has 0 spiro atoms. The molecule has 0 atom stereocenters. The molecule has 0 unspecified atom stereocenters. The van der Waals surface area contributed by atoms with Gasteiger partial charge in [-0.05, 0) is 55.3 Å². The van der Waals surface area contributed by atoms with Crippen LogP contribution >= 0.6 is 46.0 Å². The van der Waals surface area contributed by atoms with Crippen LogP contribution in [-0.2, 0) is 22.5 Å². The largest absolute Gasteiger partial charge is 0.450 e. The average Bonchev–Trinajstić information content (AvgIpc) is 3.43. The van der Waals surface area contributed by atoms with Crippen LogP contribution in [-0.4, -0.2) is 40.8 Å². The lowest BCUT2D eigenvalue weighted by molar-refractivity contribution is -0.113. The van der Waals surface area contributed by atoms with Crippen molar-refractivity contribution < 1.29 is 14.3 Å². The van der Waals surface area contributed by atoms with Gasteiger partial charge in [-0.25, -0.2) is 9.78 Å². The van der Waals surface area contributed by atoms with Crippen LogP contribution in [0.3, 0.4) is 0 Å². The van der Waals surface area contributed by atoms with E-state index in [2.05, 4.69) is 11.4 Å². The fraction of sp³-hybridized carbons (Fsp3) is 0.240. The minimum Gasteiger partial charge on any atom is -0.450 e. The van der Waals surface area contributed by atoms with Crippen LogP contribution in [0.15, 0.2) is 53.4 Å². The van der Waals surface area contributed by atoms with Gasteiger partial charge in [0.1, 0.15) is 10.0 Å². The van der Waals surface area contributed by atoms with Gasteiger partial charge in [-0.1, -0.05) is 23.7 Å². The molecule has 10 heteroatoms. The highest BCUT2D eigenvalue weighted by atomic mass is 35.5. The van der Waals surface area contributed by atoms with E-state index in [1.807, 2.05) is 42.5 Å². The third-order valence-corrected chi connectivity index (χ3v) is 8.98. The molecule has 0 aliphatic carbocycles. The molecule has 3 heterocycles. The summed E-state index contributed by atoms with van der Waals surface area (Å²) in [5.74, 6) is 0.187. The Kier molecular flexibility index (Phi) is 7.29. The fourth-order valence-corrected chi connectivity index (χ4v) is 7.12. The van der Waals surface area contributed by atoms with Crippen LogP contribution in [0.25, 0.3) is 20.8 Å². The van der Waals surface area contributed by atoms with Gasteiger partial charge in [0, 0.05) is 26.9 Å². The number of thioether (sulfide) groups is 1. The Balaban J connectivity index is 1.43. The van der Waals surface area contributed by atoms with Crippen LogP contribution in [0.5, 0.6) is 0 Å². The first-order valence-corrected chi connectivity index (χ1v) is 14.1. The van der Waals surface area contributed by atoms with Crippen molar-refractivity contribution in [1.29, 1.82) is 0 Å². The lowest BCUT2D eigenvalue weighted by atomic mass is 10.0. The van der Waals surface area contributed by atoms with E-state index >= 15 is 0 Å². The predicted octanol–water partition coefficient (Wildman–Crippen LogP) is 6.92. The fourth-order valence-electron chi connectivity index (χ4n) is 3.91. The third-order valence-electron chi connectivity index (χ3n) is 5.53. The third kappa shape index (κ3) is 5.33. The second-order valence-electron chi connectivity index (χ2n) is 7.86. The van der Waals surface area contributed by atoms with E-state index in [1.54, 1.807) is 23.2 Å². The van der Waals surface area contributed by atoms with E-state index in [1.165, 1.54) is 23.1 Å². The van der Waals surface area contributed by atoms with Crippen LogP contribution in [0.1, 0.15) is 17.4 Å². The normalized spacial score (nSPS) is 13.0. The standard InChI is InChI=1S/C25H22ClN3O3S3/c1-2-32-25(31)29-12-11-17-20(13-29)35-24(22(17)23-27-18-5-3-4-6-19(18)34-23)28-21(30)14-33-16-9-7-15(26)8-10-16/h3-10H,2,11-14H2,1H3,(H,28,30). The molecular weight excluding hydrogens is 522 g/mol. The van der Waals surface area contributed by atoms with Gasteiger partial charge in [0.05, 0.1) is 29.1 Å². The summed E-state index contributed by atoms with van der Waals surface area (Å²) in [6.45, 7) is 3.18. The van der Waals surface area contributed by atoms with Crippen molar-refractivity contribution in [2.45, 2.75) is 24.8 Å². The van der Waals surface area contributed by atoms with E-state index in [-0.39, 0.29) is 17.8 Å². The highest BCUT2D eigenvalue weighted by Gasteiger charge is 2.30. The number of rotatable bonds is 6. The van der Waals surface area contributed by atoms with Gasteiger partial charge in [-0.15, -0.1) is 34.4 Å². The predicted molar refractivity (Wildman–Crippen MR) is 145 cm³/mol. The maximum atomic E-state index is 12.9. The number of thiophene rings is 1. The van der Waals surface area contributed by atoms with Crippen molar-refractivity contribution in [2.75, 3.05) is 24.2 Å². The Morgan fingerprint density at radius 3 is 2.74 bits per heavy atom. The van der Waals surface area contributed by atoms with Crippen LogP contribution in [0.2, 0.25) is 5.02 Å². The summed E-state index contributed by atoms with van der Waals surface area (Å²) in [7, 11) is 0. The lowest BCUT2D eigenvalue weighted by Gasteiger charge is -2.26. The highest BCUT2D eigenvalue weighted by molar-refractivity contribution is 8.00. The molecule has 2 aromatic carbocycles. The van der Waals surface area contributed by atoms with Crippen LogP contribution < -0.4 is 5.32 Å². The quantitative estimate of drug-likeness (QED) is 0.267. The van der Waals surface area contributed by atoms with Gasteiger partial charge in [-0.3, -0.25) is 4.79 Å². The smallest absolute Gasteiger partial charge is 0.410 e. The van der Waals surface area contributed by atoms with Crippen molar-refractivity contribution in [3.8, 4) is 10.6 Å². The molecular formula is C25H22ClN3O3S3. The second-order valence-corrected chi connectivity index (χ2v) is 11.5. The molecule has 1 aliphatic rings. The number of para-hydroxylation sites is 1. The van der Waals surface area contributed by atoms with Gasteiger partial charge < -0.3 is 15.0 Å². The average molecular weight is 544 g/mol. The lowest BCUT2D eigenvalue weighted by Crippen LogP contribution is -2.35. The van der Waals surface area contributed by atoms with Gasteiger partial charge in [0.15, 0.2) is 0 Å². The first-order chi connectivity index (χ1) is 17.0. The Morgan fingerprint density at radius 1 is 1.17 bits per heavy atom. The number of nitrogens with zero attached hydrogens (tertiary/aromatic N) is 2. The molecule has 1 aliphatic heterocycles. The number of amides is 2. The van der Waals surface area contributed by atoms with Crippen molar-refractivity contribution >= 4 is 73.3 Å². The van der Waals surface area contributed by atoms with E-state index in [4.69, 9.17) is 21.3 Å². The Labute approximate surface area is 220 Å². The number of thiazole rings is 1.